The SMILES string of the molecule is CC1(C)SC(=S)N(Cc2ccc3c(c2)OCO3)C1n1oc(=O)n(-c2cccc(Cl)c2)c1=O. The minimum Gasteiger partial charge on any atom is -0.454 e. The fourth-order valence-corrected chi connectivity index (χ4v) is 5.99. The van der Waals surface area contributed by atoms with Crippen molar-refractivity contribution in [3.8, 4) is 17.2 Å². The number of ether oxygens (including phenoxy) is 2. The Morgan fingerprint density at radius 2 is 1.94 bits per heavy atom. The maximum atomic E-state index is 13.3. The molecule has 1 unspecified atom stereocenters. The van der Waals surface area contributed by atoms with Crippen molar-refractivity contribution in [2.75, 3.05) is 6.79 Å². The van der Waals surface area contributed by atoms with Crippen LogP contribution in [0.4, 0.5) is 0 Å². The number of aromatic nitrogens is 2. The molecule has 166 valence electrons. The molecule has 0 amide bonds. The average Bonchev–Trinajstić information content (AvgIpc) is 3.36. The summed E-state index contributed by atoms with van der Waals surface area (Å²) in [7, 11) is 0. The third kappa shape index (κ3) is 3.52. The van der Waals surface area contributed by atoms with Gasteiger partial charge in [-0.2, -0.15) is 4.57 Å². The van der Waals surface area contributed by atoms with Crippen LogP contribution in [-0.2, 0) is 6.54 Å². The number of rotatable bonds is 4. The first-order chi connectivity index (χ1) is 15.2. The molecule has 1 fully saturated rings. The van der Waals surface area contributed by atoms with E-state index in [4.69, 9.17) is 37.8 Å². The van der Waals surface area contributed by atoms with Gasteiger partial charge in [0.15, 0.2) is 17.7 Å². The maximum absolute atomic E-state index is 13.3. The van der Waals surface area contributed by atoms with Gasteiger partial charge in [0.2, 0.25) is 6.79 Å². The average molecular weight is 492 g/mol. The third-order valence-electron chi connectivity index (χ3n) is 5.32. The lowest BCUT2D eigenvalue weighted by atomic mass is 10.1. The summed E-state index contributed by atoms with van der Waals surface area (Å²) >= 11 is 13.1. The second-order valence-electron chi connectivity index (χ2n) is 7.94. The number of halogens is 1. The van der Waals surface area contributed by atoms with Gasteiger partial charge >= 0.3 is 11.4 Å². The first-order valence-corrected chi connectivity index (χ1v) is 11.3. The van der Waals surface area contributed by atoms with Crippen LogP contribution in [0.25, 0.3) is 5.69 Å². The largest absolute Gasteiger partial charge is 0.454 e. The topological polar surface area (TPSA) is 78.8 Å². The van der Waals surface area contributed by atoms with Gasteiger partial charge in [-0.25, -0.2) is 9.59 Å². The van der Waals surface area contributed by atoms with E-state index < -0.39 is 22.4 Å². The molecule has 5 rings (SSSR count). The molecule has 0 saturated carbocycles. The maximum Gasteiger partial charge on any atom is 0.447 e. The Morgan fingerprint density at radius 3 is 2.72 bits per heavy atom. The van der Waals surface area contributed by atoms with E-state index >= 15 is 0 Å². The molecule has 8 nitrogen and oxygen atoms in total. The van der Waals surface area contributed by atoms with Crippen LogP contribution in [0.1, 0.15) is 25.6 Å². The highest BCUT2D eigenvalue weighted by Gasteiger charge is 2.48. The Hall–Kier alpha value is -2.69. The fourth-order valence-electron chi connectivity index (χ4n) is 3.93. The Balaban J connectivity index is 1.56. The highest BCUT2D eigenvalue weighted by atomic mass is 35.5. The van der Waals surface area contributed by atoms with Crippen molar-refractivity contribution in [3.05, 3.63) is 74.1 Å². The van der Waals surface area contributed by atoms with E-state index in [-0.39, 0.29) is 6.79 Å². The van der Waals surface area contributed by atoms with E-state index in [1.54, 1.807) is 18.2 Å². The second-order valence-corrected chi connectivity index (χ2v) is 10.7. The van der Waals surface area contributed by atoms with Crippen LogP contribution in [0.15, 0.2) is 56.6 Å². The first kappa shape index (κ1) is 21.2. The monoisotopic (exact) mass is 491 g/mol. The summed E-state index contributed by atoms with van der Waals surface area (Å²) < 4.78 is 18.4. The van der Waals surface area contributed by atoms with Gasteiger partial charge in [-0.1, -0.05) is 47.7 Å². The van der Waals surface area contributed by atoms with Crippen LogP contribution in [0, 0.1) is 0 Å². The second kappa shape index (κ2) is 7.72. The number of thioether (sulfide) groups is 1. The van der Waals surface area contributed by atoms with Crippen molar-refractivity contribution in [2.24, 2.45) is 0 Å². The summed E-state index contributed by atoms with van der Waals surface area (Å²) in [5.41, 5.74) is 0.657. The molecule has 32 heavy (non-hydrogen) atoms. The number of thiocarbonyl (C=S) groups is 1. The number of nitrogens with zero attached hydrogens (tertiary/aromatic N) is 3. The van der Waals surface area contributed by atoms with Gasteiger partial charge in [-0.15, -0.1) is 4.74 Å². The highest BCUT2D eigenvalue weighted by Crippen LogP contribution is 2.47. The Labute approximate surface area is 197 Å². The molecule has 2 aliphatic rings. The zero-order valence-electron chi connectivity index (χ0n) is 17.1. The molecular formula is C21H18ClN3O5S2. The lowest BCUT2D eigenvalue weighted by Gasteiger charge is -2.30. The van der Waals surface area contributed by atoms with Crippen LogP contribution in [0.3, 0.4) is 0 Å². The molecule has 2 aromatic carbocycles. The predicted molar refractivity (Wildman–Crippen MR) is 125 cm³/mol. The van der Waals surface area contributed by atoms with Gasteiger partial charge in [0.05, 0.1) is 10.4 Å². The van der Waals surface area contributed by atoms with Crippen molar-refractivity contribution in [1.29, 1.82) is 0 Å². The molecule has 0 spiro atoms. The Kier molecular flexibility index (Phi) is 5.11. The molecule has 3 heterocycles. The minimum absolute atomic E-state index is 0.185. The van der Waals surface area contributed by atoms with Gasteiger partial charge in [0, 0.05) is 11.6 Å². The molecule has 1 saturated heterocycles. The number of hydrogen-bond donors (Lipinski definition) is 0. The Bertz CT molecular complexity index is 1350. The van der Waals surface area contributed by atoms with Crippen LogP contribution in [-0.4, -0.2) is 30.1 Å². The van der Waals surface area contributed by atoms with E-state index in [0.29, 0.717) is 33.1 Å². The third-order valence-corrected chi connectivity index (χ3v) is 7.18. The van der Waals surface area contributed by atoms with Gasteiger partial charge < -0.3 is 18.9 Å². The normalized spacial score (nSPS) is 19.0. The highest BCUT2D eigenvalue weighted by molar-refractivity contribution is 8.24. The predicted octanol–water partition coefficient (Wildman–Crippen LogP) is 3.79. The van der Waals surface area contributed by atoms with E-state index in [9.17, 15) is 9.59 Å². The van der Waals surface area contributed by atoms with Crippen molar-refractivity contribution in [3.63, 3.8) is 0 Å². The molecular weight excluding hydrogens is 474 g/mol. The van der Waals surface area contributed by atoms with Crippen molar-refractivity contribution < 1.29 is 14.0 Å². The smallest absolute Gasteiger partial charge is 0.447 e. The number of hydrogen-bond acceptors (Lipinski definition) is 7. The van der Waals surface area contributed by atoms with Gasteiger partial charge in [-0.05, 0) is 49.7 Å². The van der Waals surface area contributed by atoms with Gasteiger partial charge in [0.1, 0.15) is 4.32 Å². The molecule has 0 radical (unpaired) electrons. The van der Waals surface area contributed by atoms with E-state index in [1.807, 2.05) is 36.9 Å². The zero-order valence-corrected chi connectivity index (χ0v) is 19.5. The molecule has 0 N–H and O–H groups in total. The molecule has 0 bridgehead atoms. The van der Waals surface area contributed by atoms with E-state index in [1.165, 1.54) is 17.8 Å². The van der Waals surface area contributed by atoms with Crippen LogP contribution < -0.4 is 20.9 Å². The molecule has 1 atom stereocenters. The van der Waals surface area contributed by atoms with Crippen molar-refractivity contribution in [2.45, 2.75) is 31.3 Å². The van der Waals surface area contributed by atoms with Crippen LogP contribution in [0.2, 0.25) is 5.02 Å². The van der Waals surface area contributed by atoms with Crippen LogP contribution >= 0.6 is 35.6 Å². The molecule has 2 aliphatic heterocycles. The van der Waals surface area contributed by atoms with Crippen molar-refractivity contribution >= 4 is 39.9 Å². The zero-order chi connectivity index (χ0) is 22.6. The fraction of sp³-hybridized carbons (Fsp3) is 0.286. The van der Waals surface area contributed by atoms with Crippen molar-refractivity contribution in [1.82, 2.24) is 14.2 Å². The molecule has 11 heteroatoms. The lowest BCUT2D eigenvalue weighted by Crippen LogP contribution is -2.42. The van der Waals surface area contributed by atoms with Gasteiger partial charge in [0.25, 0.3) is 0 Å². The quantitative estimate of drug-likeness (QED) is 0.510. The summed E-state index contributed by atoms with van der Waals surface area (Å²) in [6, 6.07) is 12.1. The number of fused-ring (bicyclic) bond motifs is 1. The first-order valence-electron chi connectivity index (χ1n) is 9.73. The van der Waals surface area contributed by atoms with E-state index in [0.717, 1.165) is 14.9 Å². The summed E-state index contributed by atoms with van der Waals surface area (Å²) in [5, 5.41) is 0.406. The summed E-state index contributed by atoms with van der Waals surface area (Å²) in [6.45, 7) is 4.49. The van der Waals surface area contributed by atoms with Gasteiger partial charge in [-0.3, -0.25) is 0 Å². The summed E-state index contributed by atoms with van der Waals surface area (Å²) in [6.07, 6.45) is -0.619. The molecule has 3 aromatic rings. The summed E-state index contributed by atoms with van der Waals surface area (Å²) in [5.74, 6) is 0.551. The standard InChI is InChI=1S/C21H18ClN3O5S2/c1-21(2)17(25-18(26)24(19(27)30-25)14-5-3-4-13(22)9-14)23(20(31)32-21)10-12-6-7-15-16(8-12)29-11-28-15/h3-9,17H,10-11H2,1-2H3. The van der Waals surface area contributed by atoms with Crippen LogP contribution in [0.5, 0.6) is 11.5 Å². The lowest BCUT2D eigenvalue weighted by molar-refractivity contribution is 0.0866. The molecule has 0 aliphatic carbocycles. The molecule has 1 aromatic heterocycles. The van der Waals surface area contributed by atoms with E-state index in [2.05, 4.69) is 0 Å². The Morgan fingerprint density at radius 1 is 1.16 bits per heavy atom. The summed E-state index contributed by atoms with van der Waals surface area (Å²) in [4.78, 5) is 27.8. The minimum atomic E-state index is -0.793. The number of benzene rings is 2.